The van der Waals surface area contributed by atoms with Crippen molar-refractivity contribution in [1.82, 2.24) is 9.97 Å². The third-order valence-electron chi connectivity index (χ3n) is 2.72. The molecule has 0 unspecified atom stereocenters. The van der Waals surface area contributed by atoms with E-state index >= 15 is 0 Å². The van der Waals surface area contributed by atoms with Crippen molar-refractivity contribution in [3.8, 4) is 11.3 Å². The highest BCUT2D eigenvalue weighted by Gasteiger charge is 2.03. The summed E-state index contributed by atoms with van der Waals surface area (Å²) in [6.07, 6.45) is 2.98. The summed E-state index contributed by atoms with van der Waals surface area (Å²) in [5.41, 5.74) is 3.61. The third kappa shape index (κ3) is 2.87. The monoisotopic (exact) mass is 229 g/mol. The van der Waals surface area contributed by atoms with Gasteiger partial charge in [0.05, 0.1) is 11.9 Å². The highest BCUT2D eigenvalue weighted by atomic mass is 15.1. The number of rotatable bonds is 4. The summed E-state index contributed by atoms with van der Waals surface area (Å²) < 4.78 is 0. The third-order valence-corrected chi connectivity index (χ3v) is 2.72. The van der Waals surface area contributed by atoms with E-state index in [0.717, 1.165) is 18.1 Å². The van der Waals surface area contributed by atoms with Crippen molar-refractivity contribution in [2.75, 3.05) is 12.4 Å². The molecule has 0 saturated heterocycles. The molecule has 1 heterocycles. The number of aromatic nitrogens is 2. The first kappa shape index (κ1) is 11.7. The number of H-pyrrole nitrogens is 1. The molecule has 0 spiro atoms. The number of benzene rings is 1. The van der Waals surface area contributed by atoms with Crippen LogP contribution in [0.5, 0.6) is 0 Å². The van der Waals surface area contributed by atoms with Crippen molar-refractivity contribution in [3.63, 3.8) is 0 Å². The van der Waals surface area contributed by atoms with E-state index in [9.17, 15) is 0 Å². The molecule has 2 aromatic rings. The van der Waals surface area contributed by atoms with Crippen LogP contribution in [0.25, 0.3) is 11.3 Å². The van der Waals surface area contributed by atoms with Crippen LogP contribution in [0.1, 0.15) is 19.4 Å². The largest absolute Gasteiger partial charge is 0.359 e. The zero-order valence-corrected chi connectivity index (χ0v) is 10.6. The van der Waals surface area contributed by atoms with Crippen LogP contribution >= 0.6 is 0 Å². The van der Waals surface area contributed by atoms with Crippen molar-refractivity contribution < 1.29 is 0 Å². The van der Waals surface area contributed by atoms with Gasteiger partial charge in [-0.05, 0) is 23.5 Å². The Morgan fingerprint density at radius 1 is 1.24 bits per heavy atom. The lowest BCUT2D eigenvalue weighted by Crippen LogP contribution is -1.93. The summed E-state index contributed by atoms with van der Waals surface area (Å²) in [6.45, 7) is 4.48. The van der Waals surface area contributed by atoms with Crippen LogP contribution in [-0.4, -0.2) is 17.0 Å². The Morgan fingerprint density at radius 3 is 2.47 bits per heavy atom. The quantitative estimate of drug-likeness (QED) is 0.844. The first-order chi connectivity index (χ1) is 8.19. The molecule has 0 amide bonds. The first-order valence-corrected chi connectivity index (χ1v) is 6.01. The zero-order chi connectivity index (χ0) is 12.3. The van der Waals surface area contributed by atoms with E-state index in [1.54, 1.807) is 0 Å². The van der Waals surface area contributed by atoms with E-state index in [1.165, 1.54) is 11.1 Å². The Kier molecular flexibility index (Phi) is 3.47. The highest BCUT2D eigenvalue weighted by molar-refractivity contribution is 5.60. The molecular formula is C14H19N3. The van der Waals surface area contributed by atoms with E-state index in [2.05, 4.69) is 53.4 Å². The highest BCUT2D eigenvalue weighted by Crippen LogP contribution is 2.19. The normalized spacial score (nSPS) is 10.8. The zero-order valence-electron chi connectivity index (χ0n) is 10.6. The van der Waals surface area contributed by atoms with Gasteiger partial charge in [0.2, 0.25) is 0 Å². The molecule has 17 heavy (non-hydrogen) atoms. The van der Waals surface area contributed by atoms with Crippen LogP contribution in [-0.2, 0) is 6.42 Å². The molecule has 0 atom stereocenters. The van der Waals surface area contributed by atoms with Gasteiger partial charge in [0.25, 0.3) is 0 Å². The van der Waals surface area contributed by atoms with Gasteiger partial charge in [-0.25, -0.2) is 4.98 Å². The molecule has 0 fully saturated rings. The number of hydrogen-bond donors (Lipinski definition) is 2. The van der Waals surface area contributed by atoms with E-state index in [-0.39, 0.29) is 0 Å². The molecule has 0 aliphatic carbocycles. The van der Waals surface area contributed by atoms with Crippen LogP contribution in [0.3, 0.4) is 0 Å². The van der Waals surface area contributed by atoms with Crippen molar-refractivity contribution in [1.29, 1.82) is 0 Å². The topological polar surface area (TPSA) is 40.7 Å². The van der Waals surface area contributed by atoms with Crippen molar-refractivity contribution in [3.05, 3.63) is 36.0 Å². The molecular weight excluding hydrogens is 210 g/mol. The summed E-state index contributed by atoms with van der Waals surface area (Å²) in [5.74, 6) is 1.50. The predicted molar refractivity (Wildman–Crippen MR) is 72.1 cm³/mol. The minimum Gasteiger partial charge on any atom is -0.359 e. The van der Waals surface area contributed by atoms with E-state index < -0.39 is 0 Å². The second kappa shape index (κ2) is 5.04. The van der Waals surface area contributed by atoms with Gasteiger partial charge >= 0.3 is 0 Å². The fraction of sp³-hybridized carbons (Fsp3) is 0.357. The molecule has 0 saturated carbocycles. The molecule has 2 rings (SSSR count). The summed E-state index contributed by atoms with van der Waals surface area (Å²) in [4.78, 5) is 7.43. The molecule has 0 aliphatic heterocycles. The Balaban J connectivity index is 2.17. The van der Waals surface area contributed by atoms with Crippen molar-refractivity contribution in [2.24, 2.45) is 5.92 Å². The molecule has 1 aromatic heterocycles. The number of nitrogens with zero attached hydrogens (tertiary/aromatic N) is 1. The lowest BCUT2D eigenvalue weighted by Gasteiger charge is -2.05. The van der Waals surface area contributed by atoms with Gasteiger partial charge in [0.1, 0.15) is 0 Å². The lowest BCUT2D eigenvalue weighted by molar-refractivity contribution is 0.647. The van der Waals surface area contributed by atoms with Gasteiger partial charge in [-0.15, -0.1) is 0 Å². The fourth-order valence-corrected chi connectivity index (χ4v) is 1.89. The van der Waals surface area contributed by atoms with Gasteiger partial charge in [-0.2, -0.15) is 0 Å². The van der Waals surface area contributed by atoms with Crippen LogP contribution in [0.4, 0.5) is 5.95 Å². The summed E-state index contributed by atoms with van der Waals surface area (Å²) in [7, 11) is 1.86. The standard InChI is InChI=1S/C14H19N3/c1-10(2)8-11-4-6-12(7-5-11)13-9-16-14(15-3)17-13/h4-7,9-10H,8H2,1-3H3,(H2,15,16,17). The van der Waals surface area contributed by atoms with Crippen LogP contribution in [0, 0.1) is 5.92 Å². The number of nitrogens with one attached hydrogen (secondary N) is 2. The van der Waals surface area contributed by atoms with E-state index in [4.69, 9.17) is 0 Å². The Morgan fingerprint density at radius 2 is 1.94 bits per heavy atom. The number of anilines is 1. The summed E-state index contributed by atoms with van der Waals surface area (Å²) >= 11 is 0. The smallest absolute Gasteiger partial charge is 0.200 e. The van der Waals surface area contributed by atoms with E-state index in [0.29, 0.717) is 5.92 Å². The SMILES string of the molecule is CNc1ncc(-c2ccc(CC(C)C)cc2)[nH]1. The molecule has 1 aromatic carbocycles. The Hall–Kier alpha value is -1.77. The van der Waals surface area contributed by atoms with Gasteiger partial charge < -0.3 is 10.3 Å². The molecule has 2 N–H and O–H groups in total. The predicted octanol–water partition coefficient (Wildman–Crippen LogP) is 3.32. The second-order valence-electron chi connectivity index (χ2n) is 4.69. The molecule has 90 valence electrons. The van der Waals surface area contributed by atoms with Crippen molar-refractivity contribution in [2.45, 2.75) is 20.3 Å². The van der Waals surface area contributed by atoms with E-state index in [1.807, 2.05) is 13.2 Å². The van der Waals surface area contributed by atoms with Crippen molar-refractivity contribution >= 4 is 5.95 Å². The molecule has 3 nitrogen and oxygen atoms in total. The van der Waals surface area contributed by atoms with Gasteiger partial charge in [-0.1, -0.05) is 38.1 Å². The fourth-order valence-electron chi connectivity index (χ4n) is 1.89. The molecule has 0 aliphatic rings. The van der Waals surface area contributed by atoms with Gasteiger partial charge in [0, 0.05) is 7.05 Å². The molecule has 3 heteroatoms. The van der Waals surface area contributed by atoms with Crippen LogP contribution < -0.4 is 5.32 Å². The average molecular weight is 229 g/mol. The second-order valence-corrected chi connectivity index (χ2v) is 4.69. The average Bonchev–Trinajstić information content (AvgIpc) is 2.78. The number of aromatic amines is 1. The maximum atomic E-state index is 4.22. The summed E-state index contributed by atoms with van der Waals surface area (Å²) in [5, 5.41) is 2.99. The molecule has 0 bridgehead atoms. The van der Waals surface area contributed by atoms with Crippen LogP contribution in [0.2, 0.25) is 0 Å². The maximum absolute atomic E-state index is 4.22. The Labute approximate surface area is 102 Å². The molecule has 0 radical (unpaired) electrons. The summed E-state index contributed by atoms with van der Waals surface area (Å²) in [6, 6.07) is 8.67. The lowest BCUT2D eigenvalue weighted by atomic mass is 10.0. The van der Waals surface area contributed by atoms with Gasteiger partial charge in [0.15, 0.2) is 5.95 Å². The number of hydrogen-bond acceptors (Lipinski definition) is 2. The first-order valence-electron chi connectivity index (χ1n) is 6.01. The minimum atomic E-state index is 0.698. The van der Waals surface area contributed by atoms with Crippen LogP contribution in [0.15, 0.2) is 30.5 Å². The Bertz CT molecular complexity index is 468. The number of imidazole rings is 1. The minimum absolute atomic E-state index is 0.698. The van der Waals surface area contributed by atoms with Gasteiger partial charge in [-0.3, -0.25) is 0 Å². The maximum Gasteiger partial charge on any atom is 0.200 e.